The summed E-state index contributed by atoms with van der Waals surface area (Å²) in [5.74, 6) is 2.02. The monoisotopic (exact) mass is 366 g/mol. The fourth-order valence-corrected chi connectivity index (χ4v) is 3.85. The van der Waals surface area contributed by atoms with E-state index < -0.39 is 0 Å². The van der Waals surface area contributed by atoms with Crippen LogP contribution in [-0.4, -0.2) is 32.3 Å². The summed E-state index contributed by atoms with van der Waals surface area (Å²) in [4.78, 5) is 12.0. The van der Waals surface area contributed by atoms with E-state index in [0.717, 1.165) is 56.8 Å². The van der Waals surface area contributed by atoms with Gasteiger partial charge in [0.15, 0.2) is 0 Å². The second kappa shape index (κ2) is 8.33. The maximum Gasteiger partial charge on any atom is 0.314 e. The first-order valence-corrected chi connectivity index (χ1v) is 9.80. The van der Waals surface area contributed by atoms with Gasteiger partial charge in [-0.2, -0.15) is 0 Å². The number of carbonyl (C=O) groups is 1. The number of rotatable bonds is 7. The lowest BCUT2D eigenvalue weighted by molar-refractivity contribution is 0.241. The molecular formula is C22H26N2O3. The van der Waals surface area contributed by atoms with Crippen LogP contribution in [0.25, 0.3) is 0 Å². The summed E-state index contributed by atoms with van der Waals surface area (Å²) < 4.78 is 11.6. The van der Waals surface area contributed by atoms with Gasteiger partial charge in [0.2, 0.25) is 0 Å². The van der Waals surface area contributed by atoms with E-state index in [-0.39, 0.29) is 6.03 Å². The van der Waals surface area contributed by atoms with Crippen LogP contribution in [-0.2, 0) is 25.7 Å². The quantitative estimate of drug-likeness (QED) is 0.741. The fourth-order valence-electron chi connectivity index (χ4n) is 3.85. The lowest BCUT2D eigenvalue weighted by Gasteiger charge is -2.13. The SMILES string of the molecule is O=C(NCCCc1ccccc1)NCCc1c2c(cc3c1OCC3)OCC2. The van der Waals surface area contributed by atoms with Crippen molar-refractivity contribution in [1.29, 1.82) is 0 Å². The lowest BCUT2D eigenvalue weighted by atomic mass is 9.97. The highest BCUT2D eigenvalue weighted by Crippen LogP contribution is 2.40. The predicted octanol–water partition coefficient (Wildman–Crippen LogP) is 3.03. The van der Waals surface area contributed by atoms with Crippen molar-refractivity contribution >= 4 is 6.03 Å². The van der Waals surface area contributed by atoms with E-state index in [0.29, 0.717) is 13.1 Å². The Morgan fingerprint density at radius 3 is 2.67 bits per heavy atom. The third-order valence-electron chi connectivity index (χ3n) is 5.19. The number of aryl methyl sites for hydroxylation is 1. The maximum absolute atomic E-state index is 12.0. The van der Waals surface area contributed by atoms with Crippen molar-refractivity contribution in [2.24, 2.45) is 0 Å². The second-order valence-corrected chi connectivity index (χ2v) is 7.04. The van der Waals surface area contributed by atoms with Crippen molar-refractivity contribution in [3.63, 3.8) is 0 Å². The molecule has 2 aliphatic heterocycles. The summed E-state index contributed by atoms with van der Waals surface area (Å²) in [6.45, 7) is 2.74. The number of benzene rings is 2. The van der Waals surface area contributed by atoms with Gasteiger partial charge in [-0.25, -0.2) is 4.79 Å². The molecule has 2 N–H and O–H groups in total. The van der Waals surface area contributed by atoms with E-state index >= 15 is 0 Å². The number of hydrogen-bond donors (Lipinski definition) is 2. The van der Waals surface area contributed by atoms with E-state index in [4.69, 9.17) is 9.47 Å². The van der Waals surface area contributed by atoms with Gasteiger partial charge in [-0.1, -0.05) is 30.3 Å². The Balaban J connectivity index is 1.23. The number of amides is 2. The standard InChI is InChI=1S/C22H26N2O3/c25-22(23-11-4-7-16-5-2-1-3-6-16)24-12-8-19-18-10-14-26-20(18)15-17-9-13-27-21(17)19/h1-3,5-6,15H,4,7-14H2,(H2,23,24,25). The average molecular weight is 366 g/mol. The minimum absolute atomic E-state index is 0.107. The molecule has 2 aliphatic rings. The highest BCUT2D eigenvalue weighted by Gasteiger charge is 2.26. The van der Waals surface area contributed by atoms with Crippen LogP contribution in [0.1, 0.15) is 28.7 Å². The zero-order valence-electron chi connectivity index (χ0n) is 15.6. The minimum atomic E-state index is -0.107. The fraction of sp³-hybridized carbons (Fsp3) is 0.409. The largest absolute Gasteiger partial charge is 0.493 e. The van der Waals surface area contributed by atoms with Gasteiger partial charge < -0.3 is 20.1 Å². The minimum Gasteiger partial charge on any atom is -0.493 e. The van der Waals surface area contributed by atoms with Crippen LogP contribution in [0.15, 0.2) is 36.4 Å². The molecule has 0 unspecified atom stereocenters. The molecular weight excluding hydrogens is 340 g/mol. The molecule has 0 spiro atoms. The number of urea groups is 1. The van der Waals surface area contributed by atoms with Crippen molar-refractivity contribution < 1.29 is 14.3 Å². The Bertz CT molecular complexity index is 773. The van der Waals surface area contributed by atoms with E-state index in [1.165, 1.54) is 22.3 Å². The summed E-state index contributed by atoms with van der Waals surface area (Å²) >= 11 is 0. The molecule has 2 heterocycles. The molecule has 5 nitrogen and oxygen atoms in total. The zero-order chi connectivity index (χ0) is 18.5. The van der Waals surface area contributed by atoms with Crippen molar-refractivity contribution in [1.82, 2.24) is 10.6 Å². The van der Waals surface area contributed by atoms with E-state index in [2.05, 4.69) is 28.8 Å². The maximum atomic E-state index is 12.0. The van der Waals surface area contributed by atoms with E-state index in [9.17, 15) is 4.79 Å². The number of nitrogens with one attached hydrogen (secondary N) is 2. The molecule has 27 heavy (non-hydrogen) atoms. The molecule has 0 aliphatic carbocycles. The molecule has 0 fully saturated rings. The van der Waals surface area contributed by atoms with Crippen molar-refractivity contribution in [3.8, 4) is 11.5 Å². The van der Waals surface area contributed by atoms with Gasteiger partial charge in [0.05, 0.1) is 13.2 Å². The Hall–Kier alpha value is -2.69. The van der Waals surface area contributed by atoms with Gasteiger partial charge in [0, 0.05) is 42.6 Å². The number of fused-ring (bicyclic) bond motifs is 2. The van der Waals surface area contributed by atoms with Crippen LogP contribution in [0, 0.1) is 0 Å². The molecule has 0 atom stereocenters. The van der Waals surface area contributed by atoms with Crippen LogP contribution in [0.4, 0.5) is 4.79 Å². The molecule has 2 amide bonds. The van der Waals surface area contributed by atoms with Crippen LogP contribution < -0.4 is 20.1 Å². The molecule has 0 aromatic heterocycles. The third-order valence-corrected chi connectivity index (χ3v) is 5.19. The van der Waals surface area contributed by atoms with Crippen molar-refractivity contribution in [2.75, 3.05) is 26.3 Å². The summed E-state index contributed by atoms with van der Waals surface area (Å²) in [7, 11) is 0. The van der Waals surface area contributed by atoms with Gasteiger partial charge in [-0.15, -0.1) is 0 Å². The number of carbonyl (C=O) groups excluding carboxylic acids is 1. The number of ether oxygens (including phenoxy) is 2. The van der Waals surface area contributed by atoms with Crippen LogP contribution in [0.3, 0.4) is 0 Å². The summed E-state index contributed by atoms with van der Waals surface area (Å²) in [6.07, 6.45) is 4.54. The van der Waals surface area contributed by atoms with Gasteiger partial charge in [0.1, 0.15) is 11.5 Å². The molecule has 0 saturated carbocycles. The van der Waals surface area contributed by atoms with Crippen LogP contribution in [0.5, 0.6) is 11.5 Å². The van der Waals surface area contributed by atoms with Gasteiger partial charge in [-0.05, 0) is 30.9 Å². The summed E-state index contributed by atoms with van der Waals surface area (Å²) in [5.41, 5.74) is 4.99. The molecule has 0 saturated heterocycles. The Kier molecular flexibility index (Phi) is 5.47. The second-order valence-electron chi connectivity index (χ2n) is 7.04. The van der Waals surface area contributed by atoms with Gasteiger partial charge in [0.25, 0.3) is 0 Å². The Labute approximate surface area is 160 Å². The predicted molar refractivity (Wildman–Crippen MR) is 105 cm³/mol. The van der Waals surface area contributed by atoms with Crippen LogP contribution >= 0.6 is 0 Å². The smallest absolute Gasteiger partial charge is 0.314 e. The molecule has 0 radical (unpaired) electrons. The van der Waals surface area contributed by atoms with Crippen LogP contribution in [0.2, 0.25) is 0 Å². The molecule has 2 aromatic carbocycles. The average Bonchev–Trinajstić information content (AvgIpc) is 3.34. The van der Waals surface area contributed by atoms with Gasteiger partial charge >= 0.3 is 6.03 Å². The lowest BCUT2D eigenvalue weighted by Crippen LogP contribution is -2.37. The molecule has 4 rings (SSSR count). The first kappa shape index (κ1) is 17.7. The van der Waals surface area contributed by atoms with Crippen molar-refractivity contribution in [3.05, 3.63) is 58.7 Å². The Morgan fingerprint density at radius 1 is 0.963 bits per heavy atom. The van der Waals surface area contributed by atoms with E-state index in [1.807, 2.05) is 18.2 Å². The number of hydrogen-bond acceptors (Lipinski definition) is 3. The van der Waals surface area contributed by atoms with E-state index in [1.54, 1.807) is 0 Å². The first-order valence-electron chi connectivity index (χ1n) is 9.80. The highest BCUT2D eigenvalue weighted by atomic mass is 16.5. The molecule has 5 heteroatoms. The van der Waals surface area contributed by atoms with Crippen molar-refractivity contribution in [2.45, 2.75) is 32.1 Å². The van der Waals surface area contributed by atoms with Gasteiger partial charge in [-0.3, -0.25) is 0 Å². The zero-order valence-corrected chi connectivity index (χ0v) is 15.6. The highest BCUT2D eigenvalue weighted by molar-refractivity contribution is 5.73. The topological polar surface area (TPSA) is 59.6 Å². The Morgan fingerprint density at radius 2 is 1.78 bits per heavy atom. The normalized spacial score (nSPS) is 14.1. The summed E-state index contributed by atoms with van der Waals surface area (Å²) in [6, 6.07) is 12.4. The first-order chi connectivity index (χ1) is 13.3. The third kappa shape index (κ3) is 4.18. The summed E-state index contributed by atoms with van der Waals surface area (Å²) in [5, 5.41) is 5.90. The molecule has 142 valence electrons. The molecule has 2 aromatic rings. The molecule has 0 bridgehead atoms.